The van der Waals surface area contributed by atoms with E-state index in [0.717, 1.165) is 5.75 Å². The molecule has 2 heterocycles. The Morgan fingerprint density at radius 2 is 1.67 bits per heavy atom. The van der Waals surface area contributed by atoms with Gasteiger partial charge in [-0.25, -0.2) is 4.39 Å². The average molecular weight is 429 g/mol. The second kappa shape index (κ2) is 8.06. The molecule has 2 aromatic rings. The van der Waals surface area contributed by atoms with Crippen LogP contribution < -0.4 is 0 Å². The first kappa shape index (κ1) is 20.3. The number of amides is 2. The van der Waals surface area contributed by atoms with Gasteiger partial charge in [0.15, 0.2) is 0 Å². The number of nitrogens with zero attached hydrogens (tertiary/aromatic N) is 3. The standard InChI is InChI=1S/C21H20FN3O4S/c22-17-5-1-3-15(13-17)20(27)24-11-12-30-21(24)7-9-23(10-8-21)19(26)16-4-2-6-18(14-16)25(28)29/h1-6,13-14H,7-12H2. The van der Waals surface area contributed by atoms with Crippen LogP contribution in [0.4, 0.5) is 10.1 Å². The van der Waals surface area contributed by atoms with E-state index in [9.17, 15) is 24.1 Å². The Morgan fingerprint density at radius 1 is 1.00 bits per heavy atom. The fourth-order valence-electron chi connectivity index (χ4n) is 4.08. The number of likely N-dealkylation sites (tertiary alicyclic amines) is 1. The zero-order chi connectivity index (χ0) is 21.3. The Hall–Kier alpha value is -2.94. The maximum atomic E-state index is 13.6. The molecule has 0 N–H and O–H groups in total. The molecule has 2 aliphatic heterocycles. The molecule has 1 spiro atoms. The van der Waals surface area contributed by atoms with E-state index in [-0.39, 0.29) is 23.1 Å². The zero-order valence-electron chi connectivity index (χ0n) is 16.1. The molecule has 0 aliphatic carbocycles. The van der Waals surface area contributed by atoms with Crippen LogP contribution in [0.3, 0.4) is 0 Å². The van der Waals surface area contributed by atoms with Gasteiger partial charge in [-0.1, -0.05) is 12.1 Å². The minimum atomic E-state index is -0.521. The van der Waals surface area contributed by atoms with Gasteiger partial charge in [-0.3, -0.25) is 19.7 Å². The highest BCUT2D eigenvalue weighted by Gasteiger charge is 2.47. The van der Waals surface area contributed by atoms with Crippen molar-refractivity contribution in [1.29, 1.82) is 0 Å². The van der Waals surface area contributed by atoms with Crippen LogP contribution in [0.15, 0.2) is 48.5 Å². The molecule has 4 rings (SSSR count). The van der Waals surface area contributed by atoms with E-state index >= 15 is 0 Å². The molecule has 156 valence electrons. The molecular weight excluding hydrogens is 409 g/mol. The summed E-state index contributed by atoms with van der Waals surface area (Å²) >= 11 is 1.70. The van der Waals surface area contributed by atoms with Crippen molar-refractivity contribution in [2.24, 2.45) is 0 Å². The van der Waals surface area contributed by atoms with Crippen LogP contribution in [0.1, 0.15) is 33.6 Å². The predicted octanol–water partition coefficient (Wildman–Crippen LogP) is 3.56. The van der Waals surface area contributed by atoms with Gasteiger partial charge >= 0.3 is 0 Å². The number of halogens is 1. The van der Waals surface area contributed by atoms with Gasteiger partial charge in [0.05, 0.1) is 9.79 Å². The number of piperidine rings is 1. The highest BCUT2D eigenvalue weighted by Crippen LogP contribution is 2.44. The van der Waals surface area contributed by atoms with Crippen molar-refractivity contribution >= 4 is 29.3 Å². The summed E-state index contributed by atoms with van der Waals surface area (Å²) in [4.78, 5) is 39.4. The number of carbonyl (C=O) groups excluding carboxylic acids is 2. The number of benzene rings is 2. The summed E-state index contributed by atoms with van der Waals surface area (Å²) in [5.41, 5.74) is 0.492. The lowest BCUT2D eigenvalue weighted by molar-refractivity contribution is -0.384. The smallest absolute Gasteiger partial charge is 0.270 e. The molecule has 0 radical (unpaired) electrons. The van der Waals surface area contributed by atoms with Crippen molar-refractivity contribution in [3.8, 4) is 0 Å². The molecule has 0 atom stereocenters. The van der Waals surface area contributed by atoms with Gasteiger partial charge < -0.3 is 9.80 Å². The SMILES string of the molecule is O=C(c1cccc([N+](=O)[O-])c1)N1CCC2(CC1)SCCN2C(=O)c1cccc(F)c1. The highest BCUT2D eigenvalue weighted by atomic mass is 32.2. The van der Waals surface area contributed by atoms with E-state index in [1.807, 2.05) is 4.90 Å². The van der Waals surface area contributed by atoms with Gasteiger partial charge in [-0.15, -0.1) is 11.8 Å². The number of non-ortho nitro benzene ring substituents is 1. The summed E-state index contributed by atoms with van der Waals surface area (Å²) in [5, 5.41) is 11.0. The van der Waals surface area contributed by atoms with Crippen LogP contribution in [0.25, 0.3) is 0 Å². The molecule has 2 amide bonds. The largest absolute Gasteiger partial charge is 0.338 e. The second-order valence-electron chi connectivity index (χ2n) is 7.36. The van der Waals surface area contributed by atoms with Gasteiger partial charge in [0.1, 0.15) is 5.82 Å². The molecule has 2 aliphatic rings. The van der Waals surface area contributed by atoms with E-state index in [4.69, 9.17) is 0 Å². The number of nitro groups is 1. The lowest BCUT2D eigenvalue weighted by Crippen LogP contribution is -2.53. The molecule has 0 saturated carbocycles. The van der Waals surface area contributed by atoms with Crippen LogP contribution in [0.2, 0.25) is 0 Å². The van der Waals surface area contributed by atoms with E-state index in [2.05, 4.69) is 0 Å². The Morgan fingerprint density at radius 3 is 2.33 bits per heavy atom. The molecule has 2 fully saturated rings. The number of hydrogen-bond acceptors (Lipinski definition) is 5. The van der Waals surface area contributed by atoms with Gasteiger partial charge in [0.25, 0.3) is 17.5 Å². The van der Waals surface area contributed by atoms with Gasteiger partial charge in [-0.05, 0) is 37.1 Å². The van der Waals surface area contributed by atoms with Crippen molar-refractivity contribution in [3.05, 3.63) is 75.6 Å². The highest BCUT2D eigenvalue weighted by molar-refractivity contribution is 8.00. The van der Waals surface area contributed by atoms with E-state index in [0.29, 0.717) is 38.0 Å². The number of hydrogen-bond donors (Lipinski definition) is 0. The summed E-state index contributed by atoms with van der Waals surface area (Å²) < 4.78 is 13.6. The Labute approximate surface area is 177 Å². The number of carbonyl (C=O) groups is 2. The molecule has 2 aromatic carbocycles. The molecule has 0 aromatic heterocycles. The lowest BCUT2D eigenvalue weighted by atomic mass is 10.00. The quantitative estimate of drug-likeness (QED) is 0.550. The number of rotatable bonds is 3. The molecule has 2 saturated heterocycles. The molecule has 7 nitrogen and oxygen atoms in total. The summed E-state index contributed by atoms with van der Waals surface area (Å²) in [6, 6.07) is 11.4. The summed E-state index contributed by atoms with van der Waals surface area (Å²) in [6.07, 6.45) is 1.19. The third kappa shape index (κ3) is 3.77. The topological polar surface area (TPSA) is 83.8 Å². The minimum absolute atomic E-state index is 0.118. The molecule has 30 heavy (non-hydrogen) atoms. The molecule has 0 unspecified atom stereocenters. The lowest BCUT2D eigenvalue weighted by Gasteiger charge is -2.44. The van der Waals surface area contributed by atoms with Crippen molar-refractivity contribution < 1.29 is 18.9 Å². The van der Waals surface area contributed by atoms with Gasteiger partial charge in [-0.2, -0.15) is 0 Å². The molecule has 0 bridgehead atoms. The van der Waals surface area contributed by atoms with Crippen molar-refractivity contribution in [2.75, 3.05) is 25.4 Å². The first-order valence-electron chi connectivity index (χ1n) is 9.65. The fourth-order valence-corrected chi connectivity index (χ4v) is 5.54. The third-order valence-electron chi connectivity index (χ3n) is 5.63. The van der Waals surface area contributed by atoms with Gasteiger partial charge in [0, 0.05) is 48.6 Å². The second-order valence-corrected chi connectivity index (χ2v) is 8.82. The van der Waals surface area contributed by atoms with Crippen molar-refractivity contribution in [1.82, 2.24) is 9.80 Å². The number of nitro benzene ring substituents is 1. The van der Waals surface area contributed by atoms with Crippen LogP contribution in [0, 0.1) is 15.9 Å². The van der Waals surface area contributed by atoms with Crippen LogP contribution in [-0.4, -0.2) is 56.8 Å². The first-order valence-corrected chi connectivity index (χ1v) is 10.6. The summed E-state index contributed by atoms with van der Waals surface area (Å²) in [5.74, 6) is -0.100. The molecule has 9 heteroatoms. The van der Waals surface area contributed by atoms with Gasteiger partial charge in [0.2, 0.25) is 0 Å². The van der Waals surface area contributed by atoms with Crippen molar-refractivity contribution in [2.45, 2.75) is 17.7 Å². The van der Waals surface area contributed by atoms with Crippen LogP contribution in [0.5, 0.6) is 0 Å². The Balaban J connectivity index is 1.47. The van der Waals surface area contributed by atoms with E-state index in [1.54, 1.807) is 28.8 Å². The summed E-state index contributed by atoms with van der Waals surface area (Å²) in [7, 11) is 0. The van der Waals surface area contributed by atoms with Crippen molar-refractivity contribution in [3.63, 3.8) is 0 Å². The van der Waals surface area contributed by atoms with Crippen LogP contribution in [-0.2, 0) is 0 Å². The average Bonchev–Trinajstić information content (AvgIpc) is 3.16. The van der Waals surface area contributed by atoms with Crippen LogP contribution >= 0.6 is 11.8 Å². The minimum Gasteiger partial charge on any atom is -0.338 e. The van der Waals surface area contributed by atoms with E-state index < -0.39 is 15.6 Å². The fraction of sp³-hybridized carbons (Fsp3) is 0.333. The maximum Gasteiger partial charge on any atom is 0.270 e. The summed E-state index contributed by atoms with van der Waals surface area (Å²) in [6.45, 7) is 1.47. The number of thioether (sulfide) groups is 1. The maximum absolute atomic E-state index is 13.6. The Bertz CT molecular complexity index is 1010. The zero-order valence-corrected chi connectivity index (χ0v) is 16.9. The van der Waals surface area contributed by atoms with E-state index in [1.165, 1.54) is 36.4 Å². The third-order valence-corrected chi connectivity index (χ3v) is 7.18. The molecular formula is C21H20FN3O4S. The normalized spacial score (nSPS) is 17.9. The first-order chi connectivity index (χ1) is 14.4. The monoisotopic (exact) mass is 429 g/mol. The predicted molar refractivity (Wildman–Crippen MR) is 111 cm³/mol. The Kier molecular flexibility index (Phi) is 5.46.